The second-order valence-corrected chi connectivity index (χ2v) is 11.1. The third kappa shape index (κ3) is 6.96. The Morgan fingerprint density at radius 2 is 1.61 bits per heavy atom. The summed E-state index contributed by atoms with van der Waals surface area (Å²) in [4.78, 5) is 21.0. The lowest BCUT2D eigenvalue weighted by Crippen LogP contribution is -2.32. The maximum absolute atomic E-state index is 13.8. The molecule has 1 amide bonds. The van der Waals surface area contributed by atoms with Crippen LogP contribution in [0.25, 0.3) is 6.08 Å². The molecule has 0 aromatic heterocycles. The lowest BCUT2D eigenvalue weighted by Gasteiger charge is -2.24. The Morgan fingerprint density at radius 1 is 0.878 bits per heavy atom. The van der Waals surface area contributed by atoms with Crippen molar-refractivity contribution in [2.75, 3.05) is 6.61 Å². The van der Waals surface area contributed by atoms with Crippen molar-refractivity contribution in [2.45, 2.75) is 26.5 Å². The van der Waals surface area contributed by atoms with Gasteiger partial charge in [-0.3, -0.25) is 9.69 Å². The fraction of sp³-hybridized carbons (Fsp3) is 0.152. The van der Waals surface area contributed by atoms with E-state index in [2.05, 4.69) is 0 Å². The number of carbonyl (C=O) groups excluding carboxylic acids is 1. The van der Waals surface area contributed by atoms with E-state index in [9.17, 15) is 4.79 Å². The van der Waals surface area contributed by atoms with E-state index in [0.29, 0.717) is 44.8 Å². The van der Waals surface area contributed by atoms with E-state index in [-0.39, 0.29) is 11.9 Å². The van der Waals surface area contributed by atoms with Gasteiger partial charge < -0.3 is 9.47 Å². The van der Waals surface area contributed by atoms with Gasteiger partial charge in [0.05, 0.1) is 33.3 Å². The molecule has 208 valence electrons. The van der Waals surface area contributed by atoms with Crippen LogP contribution in [0, 0.1) is 0 Å². The summed E-state index contributed by atoms with van der Waals surface area (Å²) < 4.78 is 11.9. The first-order valence-corrected chi connectivity index (χ1v) is 14.8. The molecular weight excluding hydrogens is 575 g/mol. The van der Waals surface area contributed by atoms with E-state index in [4.69, 9.17) is 37.7 Å². The normalized spacial score (nSPS) is 15.9. The van der Waals surface area contributed by atoms with Gasteiger partial charge in [0.1, 0.15) is 6.61 Å². The lowest BCUT2D eigenvalue weighted by molar-refractivity contribution is -0.123. The molecule has 0 bridgehead atoms. The van der Waals surface area contributed by atoms with Crippen molar-refractivity contribution in [3.63, 3.8) is 0 Å². The predicted molar refractivity (Wildman–Crippen MR) is 169 cm³/mol. The molecule has 1 aliphatic heterocycles. The summed E-state index contributed by atoms with van der Waals surface area (Å²) in [6.45, 7) is 4.70. The van der Waals surface area contributed by atoms with Crippen LogP contribution in [0.2, 0.25) is 10.0 Å². The van der Waals surface area contributed by atoms with Gasteiger partial charge in [-0.2, -0.15) is 0 Å². The van der Waals surface area contributed by atoms with E-state index in [1.54, 1.807) is 17.0 Å². The summed E-state index contributed by atoms with van der Waals surface area (Å²) in [5, 5.41) is 1.61. The lowest BCUT2D eigenvalue weighted by atomic mass is 10.1. The Hall–Kier alpha value is -3.71. The van der Waals surface area contributed by atoms with Gasteiger partial charge in [0, 0.05) is 0 Å². The molecule has 0 aliphatic carbocycles. The maximum Gasteiger partial charge on any atom is 0.267 e. The Morgan fingerprint density at radius 3 is 2.32 bits per heavy atom. The van der Waals surface area contributed by atoms with E-state index in [0.717, 1.165) is 22.4 Å². The van der Waals surface area contributed by atoms with Crippen LogP contribution in [-0.4, -0.2) is 22.6 Å². The number of hydrogen-bond acceptors (Lipinski definition) is 5. The summed E-state index contributed by atoms with van der Waals surface area (Å²) in [6.07, 6.45) is 1.87. The van der Waals surface area contributed by atoms with Crippen LogP contribution in [-0.2, 0) is 11.4 Å². The Labute approximate surface area is 254 Å². The number of aliphatic imine (C=N–C) groups is 1. The third-order valence-electron chi connectivity index (χ3n) is 6.43. The van der Waals surface area contributed by atoms with Gasteiger partial charge >= 0.3 is 0 Å². The van der Waals surface area contributed by atoms with E-state index < -0.39 is 0 Å². The monoisotopic (exact) mass is 602 g/mol. The topological polar surface area (TPSA) is 51.1 Å². The summed E-state index contributed by atoms with van der Waals surface area (Å²) in [5.74, 6) is 1.08. The fourth-order valence-corrected chi connectivity index (χ4v) is 5.73. The summed E-state index contributed by atoms with van der Waals surface area (Å²) in [7, 11) is 0. The number of halogens is 2. The zero-order chi connectivity index (χ0) is 28.8. The van der Waals surface area contributed by atoms with Crippen molar-refractivity contribution >= 4 is 57.8 Å². The smallest absolute Gasteiger partial charge is 0.267 e. The number of amides is 1. The van der Waals surface area contributed by atoms with Crippen LogP contribution in [0.3, 0.4) is 0 Å². The fourth-order valence-electron chi connectivity index (χ4n) is 4.34. The van der Waals surface area contributed by atoms with E-state index in [1.165, 1.54) is 11.8 Å². The molecule has 0 N–H and O–H groups in total. The summed E-state index contributed by atoms with van der Waals surface area (Å²) >= 11 is 13.5. The molecule has 1 saturated heterocycles. The molecule has 1 aliphatic rings. The molecule has 1 fully saturated rings. The quantitative estimate of drug-likeness (QED) is 0.179. The second kappa shape index (κ2) is 13.3. The molecule has 1 heterocycles. The van der Waals surface area contributed by atoms with Crippen LogP contribution in [0.4, 0.5) is 5.69 Å². The number of thioether (sulfide) groups is 1. The van der Waals surface area contributed by atoms with Gasteiger partial charge in [0.25, 0.3) is 5.91 Å². The third-order valence-corrected chi connectivity index (χ3v) is 8.15. The molecule has 4 aromatic carbocycles. The van der Waals surface area contributed by atoms with Gasteiger partial charge in [-0.15, -0.1) is 0 Å². The molecule has 5 rings (SSSR count). The van der Waals surface area contributed by atoms with Gasteiger partial charge in [0.15, 0.2) is 16.7 Å². The summed E-state index contributed by atoms with van der Waals surface area (Å²) in [5.41, 5.74) is 3.53. The molecule has 5 nitrogen and oxygen atoms in total. The first kappa shape index (κ1) is 28.8. The molecule has 0 saturated carbocycles. The first-order valence-electron chi connectivity index (χ1n) is 13.2. The largest absolute Gasteiger partial charge is 0.490 e. The van der Waals surface area contributed by atoms with Crippen molar-refractivity contribution in [3.05, 3.63) is 129 Å². The number of amidine groups is 1. The number of ether oxygens (including phenoxy) is 2. The van der Waals surface area contributed by atoms with Crippen LogP contribution in [0.1, 0.15) is 36.6 Å². The summed E-state index contributed by atoms with van der Waals surface area (Å²) in [6, 6.07) is 30.5. The predicted octanol–water partition coefficient (Wildman–Crippen LogP) is 9.34. The molecule has 4 aromatic rings. The zero-order valence-corrected chi connectivity index (χ0v) is 24.9. The SMILES string of the molecule is CCOc1cc(/C=C2/SC(=Nc3ccccc3)N([C@H](C)c3ccccc3)C2=O)ccc1OCc1ccc(Cl)c(Cl)c1. The van der Waals surface area contributed by atoms with Crippen molar-refractivity contribution < 1.29 is 14.3 Å². The standard InChI is InChI=1S/C33H28Cl2N2O3S/c1-3-39-30-19-23(15-17-29(30)40-21-24-14-16-27(34)28(35)18-24)20-31-32(38)37(22(2)25-10-6-4-7-11-25)33(41-31)36-26-12-8-5-9-13-26/h4-20,22H,3,21H2,1-2H3/b31-20+,36-33?/t22-/m1/s1. The maximum atomic E-state index is 13.8. The highest BCUT2D eigenvalue weighted by Gasteiger charge is 2.37. The molecule has 0 unspecified atom stereocenters. The van der Waals surface area contributed by atoms with Gasteiger partial charge in [0.2, 0.25) is 0 Å². The average Bonchev–Trinajstić information content (AvgIpc) is 3.28. The van der Waals surface area contributed by atoms with Crippen LogP contribution < -0.4 is 9.47 Å². The Kier molecular flexibility index (Phi) is 9.35. The highest BCUT2D eigenvalue weighted by atomic mass is 35.5. The zero-order valence-electron chi connectivity index (χ0n) is 22.6. The van der Waals surface area contributed by atoms with Gasteiger partial charge in [-0.05, 0) is 84.8 Å². The molecule has 41 heavy (non-hydrogen) atoms. The average molecular weight is 604 g/mol. The van der Waals surface area contributed by atoms with Crippen LogP contribution in [0.15, 0.2) is 107 Å². The van der Waals surface area contributed by atoms with E-state index >= 15 is 0 Å². The van der Waals surface area contributed by atoms with Crippen LogP contribution >= 0.6 is 35.0 Å². The molecule has 0 spiro atoms. The molecular formula is C33H28Cl2N2O3S. The minimum absolute atomic E-state index is 0.0982. The minimum Gasteiger partial charge on any atom is -0.490 e. The van der Waals surface area contributed by atoms with Crippen LogP contribution in [0.5, 0.6) is 11.5 Å². The minimum atomic E-state index is -0.194. The number of rotatable bonds is 9. The van der Waals surface area contributed by atoms with Crippen molar-refractivity contribution in [1.82, 2.24) is 4.90 Å². The number of carbonyl (C=O) groups is 1. The highest BCUT2D eigenvalue weighted by molar-refractivity contribution is 8.18. The molecule has 0 radical (unpaired) electrons. The van der Waals surface area contributed by atoms with Crippen molar-refractivity contribution in [3.8, 4) is 11.5 Å². The number of nitrogens with zero attached hydrogens (tertiary/aromatic N) is 2. The van der Waals surface area contributed by atoms with Gasteiger partial charge in [-0.1, -0.05) is 83.9 Å². The molecule has 1 atom stereocenters. The first-order chi connectivity index (χ1) is 19.9. The number of benzene rings is 4. The Balaban J connectivity index is 1.43. The van der Waals surface area contributed by atoms with Crippen molar-refractivity contribution in [2.24, 2.45) is 4.99 Å². The van der Waals surface area contributed by atoms with E-state index in [1.807, 2.05) is 105 Å². The second-order valence-electron chi connectivity index (χ2n) is 9.28. The number of hydrogen-bond donors (Lipinski definition) is 0. The Bertz CT molecular complexity index is 1590. The van der Waals surface area contributed by atoms with Gasteiger partial charge in [-0.25, -0.2) is 4.99 Å². The number of para-hydroxylation sites is 1. The van der Waals surface area contributed by atoms with Crippen molar-refractivity contribution in [1.29, 1.82) is 0 Å². The molecule has 8 heteroatoms. The highest BCUT2D eigenvalue weighted by Crippen LogP contribution is 2.40.